The van der Waals surface area contributed by atoms with Gasteiger partial charge in [-0.3, -0.25) is 0 Å². The third-order valence-electron chi connectivity index (χ3n) is 3.26. The van der Waals surface area contributed by atoms with E-state index in [0.29, 0.717) is 11.5 Å². The third-order valence-corrected chi connectivity index (χ3v) is 6.41. The molecule has 2 rings (SSSR count). The van der Waals surface area contributed by atoms with Crippen LogP contribution in [-0.4, -0.2) is 31.5 Å². The molecule has 108 valence electrons. The number of nitrogens with one attached hydrogen (secondary N) is 1. The summed E-state index contributed by atoms with van der Waals surface area (Å²) >= 11 is 1.69. The number of hydrogen-bond acceptors (Lipinski definition) is 5. The molecule has 2 heterocycles. The van der Waals surface area contributed by atoms with Gasteiger partial charge in [0, 0.05) is 17.3 Å². The van der Waals surface area contributed by atoms with E-state index in [2.05, 4.69) is 36.5 Å². The first-order valence-electron chi connectivity index (χ1n) is 6.62. The molecule has 1 aliphatic heterocycles. The zero-order chi connectivity index (χ0) is 14.1. The minimum absolute atomic E-state index is 0.0997. The van der Waals surface area contributed by atoms with E-state index in [0.717, 1.165) is 30.2 Å². The fourth-order valence-corrected chi connectivity index (χ4v) is 4.94. The minimum atomic E-state index is -2.76. The summed E-state index contributed by atoms with van der Waals surface area (Å²) in [5.41, 5.74) is 1.15. The summed E-state index contributed by atoms with van der Waals surface area (Å²) in [5, 5.41) is 6.55. The van der Waals surface area contributed by atoms with E-state index in [1.54, 1.807) is 11.3 Å². The molecule has 0 amide bonds. The number of hydrogen-bond donors (Lipinski definition) is 1. The lowest BCUT2D eigenvalue weighted by Gasteiger charge is -2.13. The summed E-state index contributed by atoms with van der Waals surface area (Å²) in [6.45, 7) is 7.97. The number of rotatable bonds is 4. The zero-order valence-electron chi connectivity index (χ0n) is 11.8. The van der Waals surface area contributed by atoms with Crippen molar-refractivity contribution in [2.75, 3.05) is 18.1 Å². The van der Waals surface area contributed by atoms with Gasteiger partial charge >= 0.3 is 0 Å². The van der Waals surface area contributed by atoms with Crippen LogP contribution >= 0.6 is 11.3 Å². The first-order chi connectivity index (χ1) is 8.76. The average molecular weight is 302 g/mol. The summed E-state index contributed by atoms with van der Waals surface area (Å²) < 4.78 is 22.7. The Morgan fingerprint density at radius 1 is 1.47 bits per heavy atom. The topological polar surface area (TPSA) is 59.1 Å². The van der Waals surface area contributed by atoms with Crippen LogP contribution in [-0.2, 0) is 21.8 Å². The summed E-state index contributed by atoms with van der Waals surface area (Å²) in [5.74, 6) is 0.958. The van der Waals surface area contributed by atoms with E-state index in [-0.39, 0.29) is 11.3 Å². The van der Waals surface area contributed by atoms with Crippen LogP contribution in [0.2, 0.25) is 0 Å². The standard InChI is InChI=1S/C13H22N2O2S2/c1-13(2,3)12-15-11(8-18-12)7-14-6-10-4-5-19(16,17)9-10/h8,10,14H,4-7,9H2,1-3H3/t10-/m0/s1. The lowest BCUT2D eigenvalue weighted by molar-refractivity contribution is 0.516. The second-order valence-corrected chi connectivity index (χ2v) is 9.38. The maximum atomic E-state index is 11.3. The molecule has 4 nitrogen and oxygen atoms in total. The van der Waals surface area contributed by atoms with Gasteiger partial charge in [0.05, 0.1) is 22.2 Å². The summed E-state index contributed by atoms with van der Waals surface area (Å²) in [6.07, 6.45) is 0.791. The molecule has 0 aromatic carbocycles. The van der Waals surface area contributed by atoms with Crippen molar-refractivity contribution in [1.29, 1.82) is 0 Å². The van der Waals surface area contributed by atoms with E-state index < -0.39 is 9.84 Å². The molecule has 1 atom stereocenters. The van der Waals surface area contributed by atoms with Gasteiger partial charge in [0.15, 0.2) is 9.84 Å². The van der Waals surface area contributed by atoms with Crippen LogP contribution in [0, 0.1) is 5.92 Å². The van der Waals surface area contributed by atoms with Crippen LogP contribution in [0.3, 0.4) is 0 Å². The predicted molar refractivity (Wildman–Crippen MR) is 79.3 cm³/mol. The average Bonchev–Trinajstić information content (AvgIpc) is 2.85. The minimum Gasteiger partial charge on any atom is -0.311 e. The second-order valence-electron chi connectivity index (χ2n) is 6.29. The van der Waals surface area contributed by atoms with Crippen molar-refractivity contribution in [2.24, 2.45) is 5.92 Å². The highest BCUT2D eigenvalue weighted by atomic mass is 32.2. The zero-order valence-corrected chi connectivity index (χ0v) is 13.4. The van der Waals surface area contributed by atoms with Gasteiger partial charge in [-0.1, -0.05) is 20.8 Å². The number of aromatic nitrogens is 1. The molecule has 0 unspecified atom stereocenters. The predicted octanol–water partition coefficient (Wildman–Crippen LogP) is 1.96. The van der Waals surface area contributed by atoms with Crippen LogP contribution in [0.5, 0.6) is 0 Å². The molecule has 1 aromatic heterocycles. The van der Waals surface area contributed by atoms with Crippen molar-refractivity contribution in [3.63, 3.8) is 0 Å². The SMILES string of the molecule is CC(C)(C)c1nc(CNC[C@@H]2CCS(=O)(=O)C2)cs1. The highest BCUT2D eigenvalue weighted by molar-refractivity contribution is 7.91. The molecule has 0 aliphatic carbocycles. The number of sulfone groups is 1. The second kappa shape index (κ2) is 5.50. The lowest BCUT2D eigenvalue weighted by Crippen LogP contribution is -2.23. The lowest BCUT2D eigenvalue weighted by atomic mass is 9.98. The quantitative estimate of drug-likeness (QED) is 0.924. The van der Waals surface area contributed by atoms with Crippen LogP contribution < -0.4 is 5.32 Å². The largest absolute Gasteiger partial charge is 0.311 e. The first kappa shape index (κ1) is 14.9. The van der Waals surface area contributed by atoms with Gasteiger partial charge in [-0.2, -0.15) is 0 Å². The van der Waals surface area contributed by atoms with Crippen LogP contribution in [0.25, 0.3) is 0 Å². The van der Waals surface area contributed by atoms with E-state index in [1.165, 1.54) is 0 Å². The van der Waals surface area contributed by atoms with Crippen molar-refractivity contribution in [3.8, 4) is 0 Å². The Labute approximate surface area is 119 Å². The van der Waals surface area contributed by atoms with Gasteiger partial charge < -0.3 is 5.32 Å². The monoisotopic (exact) mass is 302 g/mol. The van der Waals surface area contributed by atoms with Crippen molar-refractivity contribution in [2.45, 2.75) is 39.2 Å². The van der Waals surface area contributed by atoms with Crippen LogP contribution in [0.15, 0.2) is 5.38 Å². The van der Waals surface area contributed by atoms with Crippen molar-refractivity contribution in [3.05, 3.63) is 16.1 Å². The molecule has 1 fully saturated rings. The van der Waals surface area contributed by atoms with Crippen LogP contribution in [0.4, 0.5) is 0 Å². The Morgan fingerprint density at radius 2 is 2.21 bits per heavy atom. The van der Waals surface area contributed by atoms with Crippen LogP contribution in [0.1, 0.15) is 37.9 Å². The van der Waals surface area contributed by atoms with Gasteiger partial charge in [0.25, 0.3) is 0 Å². The first-order valence-corrected chi connectivity index (χ1v) is 9.32. The highest BCUT2D eigenvalue weighted by Crippen LogP contribution is 2.25. The Balaban J connectivity index is 1.79. The fourth-order valence-electron chi connectivity index (χ4n) is 2.17. The molecule has 0 bridgehead atoms. The van der Waals surface area contributed by atoms with Gasteiger partial charge in [0.1, 0.15) is 0 Å². The van der Waals surface area contributed by atoms with E-state index in [1.807, 2.05) is 0 Å². The smallest absolute Gasteiger partial charge is 0.150 e. The van der Waals surface area contributed by atoms with Gasteiger partial charge in [0.2, 0.25) is 0 Å². The van der Waals surface area contributed by atoms with Gasteiger partial charge in [-0.15, -0.1) is 11.3 Å². The molecular formula is C13H22N2O2S2. The molecule has 1 aromatic rings. The number of thiazole rings is 1. The molecule has 0 radical (unpaired) electrons. The molecule has 0 spiro atoms. The summed E-state index contributed by atoms with van der Waals surface area (Å²) in [7, 11) is -2.76. The van der Waals surface area contributed by atoms with E-state index >= 15 is 0 Å². The molecule has 0 saturated carbocycles. The Morgan fingerprint density at radius 3 is 2.74 bits per heavy atom. The molecule has 1 N–H and O–H groups in total. The maximum absolute atomic E-state index is 11.3. The molecular weight excluding hydrogens is 280 g/mol. The molecule has 1 saturated heterocycles. The van der Waals surface area contributed by atoms with E-state index in [9.17, 15) is 8.42 Å². The fraction of sp³-hybridized carbons (Fsp3) is 0.769. The van der Waals surface area contributed by atoms with Gasteiger partial charge in [-0.25, -0.2) is 13.4 Å². The Kier molecular flexibility index (Phi) is 4.32. The molecule has 19 heavy (non-hydrogen) atoms. The number of nitrogens with zero attached hydrogens (tertiary/aromatic N) is 1. The van der Waals surface area contributed by atoms with Crippen molar-refractivity contribution in [1.82, 2.24) is 10.3 Å². The Hall–Kier alpha value is -0.460. The normalized spacial score (nSPS) is 22.8. The van der Waals surface area contributed by atoms with Crippen molar-refractivity contribution >= 4 is 21.2 Å². The van der Waals surface area contributed by atoms with Crippen molar-refractivity contribution < 1.29 is 8.42 Å². The maximum Gasteiger partial charge on any atom is 0.150 e. The summed E-state index contributed by atoms with van der Waals surface area (Å²) in [4.78, 5) is 4.61. The molecule has 6 heteroatoms. The highest BCUT2D eigenvalue weighted by Gasteiger charge is 2.27. The van der Waals surface area contributed by atoms with Gasteiger partial charge in [-0.05, 0) is 18.9 Å². The Bertz CT molecular complexity index is 529. The summed E-state index contributed by atoms with van der Waals surface area (Å²) in [6, 6.07) is 0. The molecule has 1 aliphatic rings. The third kappa shape index (κ3) is 4.26. The van der Waals surface area contributed by atoms with E-state index in [4.69, 9.17) is 0 Å².